The normalized spacial score (nSPS) is 13.5. The van der Waals surface area contributed by atoms with Crippen molar-refractivity contribution in [2.45, 2.75) is 13.5 Å². The number of rotatable bonds is 6. The van der Waals surface area contributed by atoms with Crippen LogP contribution in [0.3, 0.4) is 0 Å². The summed E-state index contributed by atoms with van der Waals surface area (Å²) < 4.78 is 0.918. The second-order valence-electron chi connectivity index (χ2n) is 6.90. The smallest absolute Gasteiger partial charge is 0.289 e. The quantitative estimate of drug-likeness (QED) is 0.668. The number of hydrogen-bond acceptors (Lipinski definition) is 5. The average molecular weight is 490 g/mol. The molecule has 1 aliphatic rings. The van der Waals surface area contributed by atoms with Gasteiger partial charge in [-0.3, -0.25) is 24.1 Å². The lowest BCUT2D eigenvalue weighted by atomic mass is 10.1. The van der Waals surface area contributed by atoms with Gasteiger partial charge >= 0.3 is 0 Å². The third-order valence-electron chi connectivity index (χ3n) is 4.55. The largest absolute Gasteiger partial charge is 0.332 e. The van der Waals surface area contributed by atoms with Gasteiger partial charge in [-0.2, -0.15) is 0 Å². The zero-order valence-electron chi connectivity index (χ0n) is 16.5. The van der Waals surface area contributed by atoms with Crippen LogP contribution in [0.25, 0.3) is 0 Å². The van der Waals surface area contributed by atoms with E-state index >= 15 is 0 Å². The molecule has 2 aromatic rings. The Morgan fingerprint density at radius 1 is 1.20 bits per heavy atom. The van der Waals surface area contributed by atoms with Crippen molar-refractivity contribution in [3.8, 4) is 0 Å². The molecule has 0 bridgehead atoms. The van der Waals surface area contributed by atoms with E-state index in [-0.39, 0.29) is 41.8 Å². The van der Waals surface area contributed by atoms with Crippen molar-refractivity contribution in [1.82, 2.24) is 9.80 Å². The lowest BCUT2D eigenvalue weighted by Crippen LogP contribution is -2.35. The predicted molar refractivity (Wildman–Crippen MR) is 119 cm³/mol. The van der Waals surface area contributed by atoms with E-state index in [1.54, 1.807) is 37.4 Å². The number of aryl methyl sites for hydroxylation is 1. The lowest BCUT2D eigenvalue weighted by molar-refractivity contribution is -0.125. The monoisotopic (exact) mass is 489 g/mol. The van der Waals surface area contributed by atoms with Gasteiger partial charge in [-0.25, -0.2) is 0 Å². The van der Waals surface area contributed by atoms with Crippen molar-refractivity contribution in [1.29, 1.82) is 0 Å². The molecule has 1 saturated heterocycles. The number of nitrogens with one attached hydrogen (secondary N) is 1. The molecule has 0 saturated carbocycles. The maximum Gasteiger partial charge on any atom is 0.289 e. The van der Waals surface area contributed by atoms with Gasteiger partial charge < -0.3 is 10.2 Å². The first kappa shape index (κ1) is 22.0. The molecule has 2 aromatic carbocycles. The minimum absolute atomic E-state index is 0.113. The van der Waals surface area contributed by atoms with E-state index in [1.807, 2.05) is 19.1 Å². The second-order valence-corrected chi connectivity index (χ2v) is 8.75. The van der Waals surface area contributed by atoms with Crippen LogP contribution in [-0.2, 0) is 16.1 Å². The minimum atomic E-state index is -0.326. The van der Waals surface area contributed by atoms with Gasteiger partial charge in [0.25, 0.3) is 11.1 Å². The molecule has 9 heteroatoms. The number of benzene rings is 2. The number of imide groups is 1. The molecule has 1 aliphatic heterocycles. The maximum absolute atomic E-state index is 12.8. The highest BCUT2D eigenvalue weighted by molar-refractivity contribution is 9.10. The third kappa shape index (κ3) is 5.28. The molecule has 1 N–H and O–H groups in total. The number of nitrogens with zero attached hydrogens (tertiary/aromatic N) is 2. The van der Waals surface area contributed by atoms with Gasteiger partial charge in [0.2, 0.25) is 11.8 Å². The molecule has 0 spiro atoms. The minimum Gasteiger partial charge on any atom is -0.332 e. The molecule has 3 rings (SSSR count). The first-order valence-electron chi connectivity index (χ1n) is 9.12. The summed E-state index contributed by atoms with van der Waals surface area (Å²) in [4.78, 5) is 51.2. The fourth-order valence-electron chi connectivity index (χ4n) is 2.98. The van der Waals surface area contributed by atoms with Crippen LogP contribution in [0.4, 0.5) is 10.5 Å². The Hall–Kier alpha value is -2.65. The molecule has 0 unspecified atom stereocenters. The van der Waals surface area contributed by atoms with Crippen molar-refractivity contribution in [3.05, 3.63) is 63.6 Å². The summed E-state index contributed by atoms with van der Waals surface area (Å²) in [7, 11) is 1.55. The van der Waals surface area contributed by atoms with Gasteiger partial charge in [0, 0.05) is 22.8 Å². The molecule has 0 aliphatic carbocycles. The molecule has 30 heavy (non-hydrogen) atoms. The van der Waals surface area contributed by atoms with E-state index in [2.05, 4.69) is 21.2 Å². The van der Waals surface area contributed by atoms with Crippen LogP contribution in [0.5, 0.6) is 0 Å². The number of thioether (sulfide) groups is 1. The fraction of sp³-hybridized carbons (Fsp3) is 0.238. The molecular weight excluding hydrogens is 470 g/mol. The third-order valence-corrected chi connectivity index (χ3v) is 5.90. The number of amides is 4. The average Bonchev–Trinajstić information content (AvgIpc) is 3.01. The van der Waals surface area contributed by atoms with Gasteiger partial charge in [-0.1, -0.05) is 39.8 Å². The Morgan fingerprint density at radius 3 is 2.63 bits per heavy atom. The topological polar surface area (TPSA) is 86.8 Å². The molecular formula is C21H20BrN3O4S. The molecule has 156 valence electrons. The summed E-state index contributed by atoms with van der Waals surface area (Å²) >= 11 is 4.35. The Kier molecular flexibility index (Phi) is 6.94. The van der Waals surface area contributed by atoms with Crippen molar-refractivity contribution in [3.63, 3.8) is 0 Å². The first-order chi connectivity index (χ1) is 14.2. The Bertz CT molecular complexity index is 1010. The van der Waals surface area contributed by atoms with Crippen LogP contribution in [0, 0.1) is 6.92 Å². The van der Waals surface area contributed by atoms with Crippen LogP contribution in [0.1, 0.15) is 21.5 Å². The molecule has 1 heterocycles. The number of likely N-dealkylation sites (N-methyl/N-ethyl adjacent to an activating group) is 1. The van der Waals surface area contributed by atoms with Gasteiger partial charge in [0.15, 0.2) is 0 Å². The number of carbonyl (C=O) groups excluding carboxylic acids is 4. The Labute approximate surface area is 186 Å². The summed E-state index contributed by atoms with van der Waals surface area (Å²) in [5, 5.41) is 2.52. The molecule has 0 aromatic heterocycles. The Balaban J connectivity index is 1.63. The summed E-state index contributed by atoms with van der Waals surface area (Å²) in [5.41, 5.74) is 2.65. The van der Waals surface area contributed by atoms with Gasteiger partial charge in [0.05, 0.1) is 18.8 Å². The highest BCUT2D eigenvalue weighted by Crippen LogP contribution is 2.22. The van der Waals surface area contributed by atoms with Crippen molar-refractivity contribution in [2.24, 2.45) is 0 Å². The first-order valence-corrected chi connectivity index (χ1v) is 10.9. The fourth-order valence-corrected chi connectivity index (χ4v) is 4.18. The van der Waals surface area contributed by atoms with Gasteiger partial charge in [0.1, 0.15) is 0 Å². The van der Waals surface area contributed by atoms with Crippen molar-refractivity contribution in [2.75, 3.05) is 24.7 Å². The molecule has 4 amide bonds. The number of hydrogen-bond donors (Lipinski definition) is 1. The summed E-state index contributed by atoms with van der Waals surface area (Å²) in [6, 6.07) is 12.2. The summed E-state index contributed by atoms with van der Waals surface area (Å²) in [6.45, 7) is 1.90. The van der Waals surface area contributed by atoms with E-state index in [0.717, 1.165) is 21.8 Å². The molecule has 1 fully saturated rings. The van der Waals surface area contributed by atoms with Crippen molar-refractivity contribution >= 4 is 56.3 Å². The SMILES string of the molecule is Cc1cc(Br)ccc1NC(=O)CN(C)C(=O)c1cccc(CN2C(=O)CSC2=O)c1. The van der Waals surface area contributed by atoms with Crippen LogP contribution in [-0.4, -0.2) is 52.1 Å². The summed E-state index contributed by atoms with van der Waals surface area (Å²) in [6.07, 6.45) is 0. The maximum atomic E-state index is 12.8. The van der Waals surface area contributed by atoms with Crippen LogP contribution in [0.2, 0.25) is 0 Å². The van der Waals surface area contributed by atoms with E-state index in [1.165, 1.54) is 9.80 Å². The predicted octanol–water partition coefficient (Wildman–Crippen LogP) is 3.66. The molecule has 0 radical (unpaired) electrons. The van der Waals surface area contributed by atoms with Gasteiger partial charge in [-0.05, 0) is 48.4 Å². The van der Waals surface area contributed by atoms with Gasteiger partial charge in [-0.15, -0.1) is 0 Å². The number of halogens is 1. The van der Waals surface area contributed by atoms with Crippen LogP contribution < -0.4 is 5.32 Å². The standard InChI is InChI=1S/C21H20BrN3O4S/c1-13-8-16(22)6-7-17(13)23-18(26)11-24(2)20(28)15-5-3-4-14(9-15)10-25-19(27)12-30-21(25)29/h3-9H,10-12H2,1-2H3,(H,23,26). The van der Waals surface area contributed by atoms with Crippen LogP contribution in [0.15, 0.2) is 46.9 Å². The van der Waals surface area contributed by atoms with E-state index < -0.39 is 0 Å². The highest BCUT2D eigenvalue weighted by atomic mass is 79.9. The second kappa shape index (κ2) is 9.44. The highest BCUT2D eigenvalue weighted by Gasteiger charge is 2.29. The van der Waals surface area contributed by atoms with E-state index in [0.29, 0.717) is 16.8 Å². The van der Waals surface area contributed by atoms with Crippen molar-refractivity contribution < 1.29 is 19.2 Å². The van der Waals surface area contributed by atoms with E-state index in [9.17, 15) is 19.2 Å². The summed E-state index contributed by atoms with van der Waals surface area (Å²) in [5.74, 6) is -0.725. The van der Waals surface area contributed by atoms with E-state index in [4.69, 9.17) is 0 Å². The zero-order valence-corrected chi connectivity index (χ0v) is 18.9. The molecule has 7 nitrogen and oxygen atoms in total. The number of carbonyl (C=O) groups is 4. The zero-order chi connectivity index (χ0) is 21.8. The van der Waals surface area contributed by atoms with Crippen LogP contribution >= 0.6 is 27.7 Å². The lowest BCUT2D eigenvalue weighted by Gasteiger charge is -2.18. The molecule has 0 atom stereocenters. The Morgan fingerprint density at radius 2 is 1.97 bits per heavy atom. The number of anilines is 1.